The van der Waals surface area contributed by atoms with E-state index in [1.165, 1.54) is 24.3 Å². The van der Waals surface area contributed by atoms with Gasteiger partial charge in [-0.25, -0.2) is 16.8 Å². The highest BCUT2D eigenvalue weighted by Crippen LogP contribution is 2.32. The molecule has 0 heterocycles. The third kappa shape index (κ3) is 4.64. The fourth-order valence-electron chi connectivity index (χ4n) is 3.44. The Hall–Kier alpha value is -3.56. The predicted octanol–water partition coefficient (Wildman–Crippen LogP) is 4.76. The maximum atomic E-state index is 13.4. The van der Waals surface area contributed by atoms with Crippen molar-refractivity contribution in [2.45, 2.75) is 23.6 Å². The Morgan fingerprint density at radius 1 is 0.667 bits per heavy atom. The molecule has 4 aromatic rings. The van der Waals surface area contributed by atoms with Gasteiger partial charge in [0, 0.05) is 5.39 Å². The molecule has 0 aliphatic heterocycles. The van der Waals surface area contributed by atoms with Crippen molar-refractivity contribution < 1.29 is 21.9 Å². The largest absolute Gasteiger partial charge is 0.508 e. The van der Waals surface area contributed by atoms with Crippen molar-refractivity contribution in [3.63, 3.8) is 0 Å². The first-order chi connectivity index (χ1) is 15.6. The van der Waals surface area contributed by atoms with Crippen LogP contribution in [0, 0.1) is 13.8 Å². The summed E-state index contributed by atoms with van der Waals surface area (Å²) in [7, 11) is -8.30. The molecule has 9 heteroatoms. The fraction of sp³-hybridized carbons (Fsp3) is 0.0833. The molecule has 0 aliphatic carbocycles. The van der Waals surface area contributed by atoms with Crippen LogP contribution in [-0.2, 0) is 20.0 Å². The van der Waals surface area contributed by atoms with Crippen molar-refractivity contribution >= 4 is 42.2 Å². The van der Waals surface area contributed by atoms with Gasteiger partial charge in [0.1, 0.15) is 5.75 Å². The van der Waals surface area contributed by atoms with Crippen LogP contribution >= 0.6 is 0 Å². The van der Waals surface area contributed by atoms with E-state index >= 15 is 0 Å². The summed E-state index contributed by atoms with van der Waals surface area (Å²) in [4.78, 5) is -0.474. The van der Waals surface area contributed by atoms with E-state index in [0.29, 0.717) is 22.3 Å². The van der Waals surface area contributed by atoms with E-state index in [-0.39, 0.29) is 20.9 Å². The molecule has 0 bridgehead atoms. The van der Waals surface area contributed by atoms with Crippen molar-refractivity contribution in [2.24, 2.45) is 0 Å². The zero-order chi connectivity index (χ0) is 23.8. The maximum Gasteiger partial charge on any atom is 0.262 e. The predicted molar refractivity (Wildman–Crippen MR) is 130 cm³/mol. The summed E-state index contributed by atoms with van der Waals surface area (Å²) in [5.41, 5.74) is 2.20. The number of aromatic hydroxyl groups is 1. The van der Waals surface area contributed by atoms with Crippen LogP contribution in [0.3, 0.4) is 0 Å². The molecule has 0 spiro atoms. The number of hydrogen-bond donors (Lipinski definition) is 3. The third-order valence-electron chi connectivity index (χ3n) is 5.25. The highest BCUT2D eigenvalue weighted by atomic mass is 32.2. The Morgan fingerprint density at radius 2 is 1.21 bits per heavy atom. The van der Waals surface area contributed by atoms with Crippen molar-refractivity contribution in [1.29, 1.82) is 0 Å². The first kappa shape index (κ1) is 22.6. The summed E-state index contributed by atoms with van der Waals surface area (Å²) in [6.45, 7) is 3.53. The lowest BCUT2D eigenvalue weighted by Crippen LogP contribution is -2.17. The van der Waals surface area contributed by atoms with Gasteiger partial charge >= 0.3 is 0 Å². The van der Waals surface area contributed by atoms with E-state index in [0.717, 1.165) is 11.6 Å². The van der Waals surface area contributed by atoms with Crippen molar-refractivity contribution in [3.8, 4) is 5.75 Å². The quantitative estimate of drug-likeness (QED) is 0.367. The molecule has 0 aromatic heterocycles. The summed E-state index contributed by atoms with van der Waals surface area (Å²) in [6, 6.07) is 20.4. The zero-order valence-electron chi connectivity index (χ0n) is 17.9. The molecule has 0 amide bonds. The van der Waals surface area contributed by atoms with Crippen LogP contribution in [0.25, 0.3) is 10.8 Å². The fourth-order valence-corrected chi connectivity index (χ4v) is 6.08. The monoisotopic (exact) mass is 482 g/mol. The number of fused-ring (bicyclic) bond motifs is 1. The van der Waals surface area contributed by atoms with Gasteiger partial charge in [0.2, 0.25) is 0 Å². The summed E-state index contributed by atoms with van der Waals surface area (Å²) < 4.78 is 58.1. The van der Waals surface area contributed by atoms with E-state index in [1.807, 2.05) is 0 Å². The molecular formula is C24H22N2O5S2. The average Bonchev–Trinajstić information content (AvgIpc) is 2.76. The van der Waals surface area contributed by atoms with E-state index in [4.69, 9.17) is 0 Å². The highest BCUT2D eigenvalue weighted by Gasteiger charge is 2.24. The molecule has 4 rings (SSSR count). The minimum atomic E-state index is -4.20. The van der Waals surface area contributed by atoms with E-state index in [1.54, 1.807) is 62.4 Å². The lowest BCUT2D eigenvalue weighted by Gasteiger charge is -2.15. The standard InChI is InChI=1S/C24H22N2O5S2/c1-16-7-3-5-9-22(16)25-32(28,29)20-13-18-11-12-19(27)14-21(18)24(15-20)33(30,31)26-23-10-6-4-8-17(23)2/h3-15,25-27H,1-2H3. The number of phenolic OH excluding ortho intramolecular Hbond substituents is 1. The lowest BCUT2D eigenvalue weighted by atomic mass is 10.1. The van der Waals surface area contributed by atoms with Gasteiger partial charge in [-0.15, -0.1) is 0 Å². The number of rotatable bonds is 6. The Bertz CT molecular complexity index is 1580. The maximum absolute atomic E-state index is 13.4. The van der Waals surface area contributed by atoms with Crippen LogP contribution in [0.5, 0.6) is 5.75 Å². The first-order valence-electron chi connectivity index (χ1n) is 10.0. The Balaban J connectivity index is 1.88. The molecule has 0 atom stereocenters. The van der Waals surface area contributed by atoms with Crippen LogP contribution in [0.2, 0.25) is 0 Å². The number of para-hydroxylation sites is 2. The van der Waals surface area contributed by atoms with Crippen LogP contribution in [0.15, 0.2) is 88.7 Å². The Labute approximate surface area is 192 Å². The second-order valence-corrected chi connectivity index (χ2v) is 11.0. The minimum Gasteiger partial charge on any atom is -0.508 e. The molecule has 0 fully saturated rings. The van der Waals surface area contributed by atoms with Crippen LogP contribution in [0.1, 0.15) is 11.1 Å². The molecular weight excluding hydrogens is 460 g/mol. The summed E-state index contributed by atoms with van der Waals surface area (Å²) >= 11 is 0. The molecule has 4 aromatic carbocycles. The molecule has 0 aliphatic rings. The van der Waals surface area contributed by atoms with Crippen molar-refractivity contribution in [1.82, 2.24) is 0 Å². The molecule has 0 saturated carbocycles. The van der Waals surface area contributed by atoms with Gasteiger partial charge in [-0.05, 0) is 66.8 Å². The summed E-state index contributed by atoms with van der Waals surface area (Å²) in [5.74, 6) is -0.136. The highest BCUT2D eigenvalue weighted by molar-refractivity contribution is 7.93. The number of benzene rings is 4. The average molecular weight is 483 g/mol. The van der Waals surface area contributed by atoms with Crippen LogP contribution < -0.4 is 9.44 Å². The van der Waals surface area contributed by atoms with Crippen molar-refractivity contribution in [3.05, 3.63) is 90.0 Å². The van der Waals surface area contributed by atoms with Gasteiger partial charge in [0.05, 0.1) is 21.2 Å². The number of phenols is 1. The van der Waals surface area contributed by atoms with Gasteiger partial charge in [0.25, 0.3) is 20.0 Å². The van der Waals surface area contributed by atoms with Crippen molar-refractivity contribution in [2.75, 3.05) is 9.44 Å². The SMILES string of the molecule is Cc1ccccc1NS(=O)(=O)c1cc(S(=O)(=O)Nc2ccccc2C)c2cc(O)ccc2c1. The molecule has 0 saturated heterocycles. The van der Waals surface area contributed by atoms with E-state index in [2.05, 4.69) is 9.44 Å². The number of hydrogen-bond acceptors (Lipinski definition) is 5. The molecule has 170 valence electrons. The zero-order valence-corrected chi connectivity index (χ0v) is 19.5. The van der Waals surface area contributed by atoms with Gasteiger partial charge in [-0.2, -0.15) is 0 Å². The minimum absolute atomic E-state index is 0.136. The number of nitrogens with one attached hydrogen (secondary N) is 2. The number of anilines is 2. The summed E-state index contributed by atoms with van der Waals surface area (Å²) in [5, 5.41) is 10.5. The number of sulfonamides is 2. The second-order valence-electron chi connectivity index (χ2n) is 7.67. The smallest absolute Gasteiger partial charge is 0.262 e. The van der Waals surface area contributed by atoms with E-state index in [9.17, 15) is 21.9 Å². The van der Waals surface area contributed by atoms with E-state index < -0.39 is 20.0 Å². The third-order valence-corrected chi connectivity index (χ3v) is 8.00. The lowest BCUT2D eigenvalue weighted by molar-refractivity contribution is 0.476. The van der Waals surface area contributed by atoms with Crippen LogP contribution in [-0.4, -0.2) is 21.9 Å². The molecule has 3 N–H and O–H groups in total. The normalized spacial score (nSPS) is 11.9. The van der Waals surface area contributed by atoms with Gasteiger partial charge < -0.3 is 5.11 Å². The molecule has 0 unspecified atom stereocenters. The van der Waals surface area contributed by atoms with Gasteiger partial charge in [0.15, 0.2) is 0 Å². The Kier molecular flexibility index (Phi) is 5.77. The second kappa shape index (κ2) is 8.42. The molecule has 7 nitrogen and oxygen atoms in total. The molecule has 0 radical (unpaired) electrons. The number of aryl methyl sites for hydroxylation is 2. The summed E-state index contributed by atoms with van der Waals surface area (Å²) in [6.07, 6.45) is 0. The van der Waals surface area contributed by atoms with Gasteiger partial charge in [-0.3, -0.25) is 9.44 Å². The Morgan fingerprint density at radius 3 is 1.79 bits per heavy atom. The first-order valence-corrected chi connectivity index (χ1v) is 13.0. The van der Waals surface area contributed by atoms with Crippen LogP contribution in [0.4, 0.5) is 11.4 Å². The van der Waals surface area contributed by atoms with Gasteiger partial charge in [-0.1, -0.05) is 42.5 Å². The molecule has 33 heavy (non-hydrogen) atoms. The topological polar surface area (TPSA) is 113 Å².